The SMILES string of the molecule is COC1CN(c2cc[c]cc2)C1. The van der Waals surface area contributed by atoms with Gasteiger partial charge in [0.2, 0.25) is 0 Å². The number of nitrogens with zero attached hydrogens (tertiary/aromatic N) is 1. The lowest BCUT2D eigenvalue weighted by molar-refractivity contribution is 0.0788. The normalized spacial score (nSPS) is 17.6. The molecule has 0 atom stereocenters. The third kappa shape index (κ3) is 1.30. The quantitative estimate of drug-likeness (QED) is 0.650. The van der Waals surface area contributed by atoms with Crippen molar-refractivity contribution in [1.82, 2.24) is 0 Å². The molecule has 0 aliphatic carbocycles. The van der Waals surface area contributed by atoms with Crippen LogP contribution in [0.25, 0.3) is 0 Å². The highest BCUT2D eigenvalue weighted by atomic mass is 16.5. The van der Waals surface area contributed by atoms with Crippen LogP contribution in [0.2, 0.25) is 0 Å². The van der Waals surface area contributed by atoms with Crippen molar-refractivity contribution in [2.24, 2.45) is 0 Å². The highest BCUT2D eigenvalue weighted by Crippen LogP contribution is 2.20. The Morgan fingerprint density at radius 1 is 1.42 bits per heavy atom. The third-order valence-electron chi connectivity index (χ3n) is 2.25. The summed E-state index contributed by atoms with van der Waals surface area (Å²) in [7, 11) is 1.76. The van der Waals surface area contributed by atoms with E-state index >= 15 is 0 Å². The number of methoxy groups -OCH3 is 1. The van der Waals surface area contributed by atoms with E-state index in [1.54, 1.807) is 7.11 Å². The number of hydrogen-bond acceptors (Lipinski definition) is 2. The molecule has 0 saturated carbocycles. The summed E-state index contributed by atoms with van der Waals surface area (Å²) in [5.41, 5.74) is 1.27. The van der Waals surface area contributed by atoms with Gasteiger partial charge in [-0.3, -0.25) is 0 Å². The summed E-state index contributed by atoms with van der Waals surface area (Å²) in [4.78, 5) is 2.29. The van der Waals surface area contributed by atoms with Crippen LogP contribution in [0.4, 0.5) is 5.69 Å². The van der Waals surface area contributed by atoms with Crippen molar-refractivity contribution in [3.63, 3.8) is 0 Å². The first-order valence-electron chi connectivity index (χ1n) is 4.14. The second-order valence-corrected chi connectivity index (χ2v) is 3.02. The van der Waals surface area contributed by atoms with E-state index < -0.39 is 0 Å². The van der Waals surface area contributed by atoms with Crippen LogP contribution in [-0.2, 0) is 4.74 Å². The van der Waals surface area contributed by atoms with E-state index in [4.69, 9.17) is 4.74 Å². The summed E-state index contributed by atoms with van der Waals surface area (Å²) in [6.45, 7) is 2.03. The fourth-order valence-corrected chi connectivity index (χ4v) is 1.39. The van der Waals surface area contributed by atoms with Crippen LogP contribution in [0, 0.1) is 6.07 Å². The average Bonchev–Trinajstić information content (AvgIpc) is 2.04. The molecule has 63 valence electrons. The van der Waals surface area contributed by atoms with Crippen LogP contribution in [-0.4, -0.2) is 26.3 Å². The van der Waals surface area contributed by atoms with Gasteiger partial charge in [-0.1, -0.05) is 12.1 Å². The van der Waals surface area contributed by atoms with Crippen LogP contribution < -0.4 is 4.90 Å². The van der Waals surface area contributed by atoms with E-state index in [1.807, 2.05) is 12.1 Å². The summed E-state index contributed by atoms with van der Waals surface area (Å²) >= 11 is 0. The molecule has 1 heterocycles. The van der Waals surface area contributed by atoms with E-state index in [0.717, 1.165) is 13.1 Å². The predicted octanol–water partition coefficient (Wildman–Crippen LogP) is 1.32. The van der Waals surface area contributed by atoms with Crippen molar-refractivity contribution in [2.75, 3.05) is 25.1 Å². The molecule has 0 N–H and O–H groups in total. The highest BCUT2D eigenvalue weighted by Gasteiger charge is 2.25. The van der Waals surface area contributed by atoms with Crippen molar-refractivity contribution in [1.29, 1.82) is 0 Å². The van der Waals surface area contributed by atoms with Gasteiger partial charge in [-0.15, -0.1) is 0 Å². The first-order chi connectivity index (χ1) is 5.90. The second kappa shape index (κ2) is 3.15. The zero-order valence-electron chi connectivity index (χ0n) is 7.16. The standard InChI is InChI=1S/C10H12NO/c1-12-10-7-11(8-10)9-5-3-2-4-6-9/h3-6,10H,7-8H2,1H3. The summed E-state index contributed by atoms with van der Waals surface area (Å²) in [6.07, 6.45) is 0.425. The van der Waals surface area contributed by atoms with Crippen molar-refractivity contribution < 1.29 is 4.74 Å². The Balaban J connectivity index is 1.97. The molecule has 0 amide bonds. The predicted molar refractivity (Wildman–Crippen MR) is 48.3 cm³/mol. The molecule has 1 aliphatic rings. The van der Waals surface area contributed by atoms with Crippen molar-refractivity contribution in [3.05, 3.63) is 30.3 Å². The number of anilines is 1. The highest BCUT2D eigenvalue weighted by molar-refractivity contribution is 5.48. The van der Waals surface area contributed by atoms with Crippen molar-refractivity contribution >= 4 is 5.69 Å². The Morgan fingerprint density at radius 3 is 2.67 bits per heavy atom. The minimum absolute atomic E-state index is 0.425. The van der Waals surface area contributed by atoms with Gasteiger partial charge >= 0.3 is 0 Å². The molecule has 2 heteroatoms. The largest absolute Gasteiger partial charge is 0.378 e. The van der Waals surface area contributed by atoms with Gasteiger partial charge in [-0.05, 0) is 18.2 Å². The lowest BCUT2D eigenvalue weighted by atomic mass is 10.1. The minimum atomic E-state index is 0.425. The van der Waals surface area contributed by atoms with E-state index in [0.29, 0.717) is 6.10 Å². The van der Waals surface area contributed by atoms with Gasteiger partial charge in [0.25, 0.3) is 0 Å². The van der Waals surface area contributed by atoms with E-state index in [2.05, 4.69) is 23.1 Å². The van der Waals surface area contributed by atoms with Gasteiger partial charge in [0.15, 0.2) is 0 Å². The van der Waals surface area contributed by atoms with Gasteiger partial charge in [0, 0.05) is 25.9 Å². The molecule has 1 aliphatic heterocycles. The number of hydrogen-bond donors (Lipinski definition) is 0. The molecule has 1 fully saturated rings. The topological polar surface area (TPSA) is 12.5 Å². The molecule has 0 bridgehead atoms. The lowest BCUT2D eigenvalue weighted by Gasteiger charge is -2.39. The molecule has 2 rings (SSSR count). The molecule has 1 radical (unpaired) electrons. The number of ether oxygens (including phenoxy) is 1. The van der Waals surface area contributed by atoms with Crippen LogP contribution in [0.15, 0.2) is 24.3 Å². The molecule has 1 saturated heterocycles. The molecule has 1 aromatic carbocycles. The Labute approximate surface area is 72.8 Å². The second-order valence-electron chi connectivity index (χ2n) is 3.02. The maximum atomic E-state index is 5.19. The maximum absolute atomic E-state index is 5.19. The van der Waals surface area contributed by atoms with Gasteiger partial charge in [0.1, 0.15) is 0 Å². The van der Waals surface area contributed by atoms with Gasteiger partial charge in [0.05, 0.1) is 6.10 Å². The summed E-state index contributed by atoms with van der Waals surface area (Å²) in [5.74, 6) is 0. The summed E-state index contributed by atoms with van der Waals surface area (Å²) in [5, 5.41) is 0. The van der Waals surface area contributed by atoms with E-state index in [-0.39, 0.29) is 0 Å². The Morgan fingerprint density at radius 2 is 2.08 bits per heavy atom. The molecule has 0 unspecified atom stereocenters. The smallest absolute Gasteiger partial charge is 0.0920 e. The van der Waals surface area contributed by atoms with Crippen LogP contribution in [0.3, 0.4) is 0 Å². The Bertz CT molecular complexity index is 241. The molecule has 1 aromatic rings. The molecular formula is C10H12NO. The molecule has 2 nitrogen and oxygen atoms in total. The van der Waals surface area contributed by atoms with Crippen molar-refractivity contribution in [2.45, 2.75) is 6.10 Å². The average molecular weight is 162 g/mol. The number of benzene rings is 1. The minimum Gasteiger partial charge on any atom is -0.378 e. The zero-order chi connectivity index (χ0) is 8.39. The fraction of sp³-hybridized carbons (Fsp3) is 0.400. The number of rotatable bonds is 2. The van der Waals surface area contributed by atoms with E-state index in [1.165, 1.54) is 5.69 Å². The molecule has 0 aromatic heterocycles. The first kappa shape index (κ1) is 7.62. The summed E-state index contributed by atoms with van der Waals surface area (Å²) in [6, 6.07) is 11.0. The zero-order valence-corrected chi connectivity index (χ0v) is 7.16. The Kier molecular flexibility index (Phi) is 2.00. The molecule has 0 spiro atoms. The van der Waals surface area contributed by atoms with Crippen LogP contribution >= 0.6 is 0 Å². The lowest BCUT2D eigenvalue weighted by Crippen LogP contribution is -2.51. The monoisotopic (exact) mass is 162 g/mol. The van der Waals surface area contributed by atoms with E-state index in [9.17, 15) is 0 Å². The van der Waals surface area contributed by atoms with Crippen molar-refractivity contribution in [3.8, 4) is 0 Å². The fourth-order valence-electron chi connectivity index (χ4n) is 1.39. The summed E-state index contributed by atoms with van der Waals surface area (Å²) < 4.78 is 5.19. The maximum Gasteiger partial charge on any atom is 0.0920 e. The Hall–Kier alpha value is -1.02. The van der Waals surface area contributed by atoms with Crippen LogP contribution in [0.5, 0.6) is 0 Å². The molecular weight excluding hydrogens is 150 g/mol. The first-order valence-corrected chi connectivity index (χ1v) is 4.14. The molecule has 12 heavy (non-hydrogen) atoms. The third-order valence-corrected chi connectivity index (χ3v) is 2.25. The van der Waals surface area contributed by atoms with Gasteiger partial charge in [-0.25, -0.2) is 0 Å². The van der Waals surface area contributed by atoms with Gasteiger partial charge < -0.3 is 9.64 Å². The van der Waals surface area contributed by atoms with Gasteiger partial charge in [-0.2, -0.15) is 0 Å². The van der Waals surface area contributed by atoms with Crippen LogP contribution in [0.1, 0.15) is 0 Å².